The zero-order valence-electron chi connectivity index (χ0n) is 21.8. The van der Waals surface area contributed by atoms with Crippen molar-refractivity contribution >= 4 is 22.6 Å². The molecule has 0 fully saturated rings. The van der Waals surface area contributed by atoms with Gasteiger partial charge in [0, 0.05) is 42.8 Å². The average Bonchev–Trinajstić information content (AvgIpc) is 3.10. The Morgan fingerprint density at radius 1 is 1.17 bits per heavy atom. The number of aliphatic carboxylic acids is 1. The number of carboxylic acids is 1. The Morgan fingerprint density at radius 2 is 1.83 bits per heavy atom. The molecule has 35 heavy (non-hydrogen) atoms. The van der Waals surface area contributed by atoms with Crippen molar-refractivity contribution in [2.45, 2.75) is 52.9 Å². The summed E-state index contributed by atoms with van der Waals surface area (Å²) in [5, 5.41) is 11.3. The predicted molar refractivity (Wildman–Crippen MR) is 139 cm³/mol. The summed E-state index contributed by atoms with van der Waals surface area (Å²) in [6.07, 6.45) is -1.17. The number of ether oxygens (including phenoxy) is 1. The van der Waals surface area contributed by atoms with E-state index in [-0.39, 0.29) is 5.82 Å². The highest BCUT2D eigenvalue weighted by Gasteiger charge is 2.35. The molecule has 0 radical (unpaired) electrons. The van der Waals surface area contributed by atoms with Crippen molar-refractivity contribution in [2.75, 3.05) is 38.6 Å². The van der Waals surface area contributed by atoms with E-state index in [0.29, 0.717) is 5.56 Å². The minimum Gasteiger partial charge on any atom is -0.479 e. The van der Waals surface area contributed by atoms with Crippen LogP contribution in [0, 0.1) is 19.7 Å². The van der Waals surface area contributed by atoms with Gasteiger partial charge >= 0.3 is 5.97 Å². The molecule has 3 aromatic rings. The van der Waals surface area contributed by atoms with Crippen LogP contribution < -0.4 is 4.90 Å². The lowest BCUT2D eigenvalue weighted by atomic mass is 9.87. The van der Waals surface area contributed by atoms with Crippen molar-refractivity contribution in [2.24, 2.45) is 0 Å². The largest absolute Gasteiger partial charge is 0.479 e. The van der Waals surface area contributed by atoms with Crippen molar-refractivity contribution in [1.82, 2.24) is 9.47 Å². The van der Waals surface area contributed by atoms with Crippen LogP contribution in [0.25, 0.3) is 22.0 Å². The molecule has 2 heterocycles. The van der Waals surface area contributed by atoms with E-state index >= 15 is 0 Å². The highest BCUT2D eigenvalue weighted by molar-refractivity contribution is 6.07. The minimum atomic E-state index is -1.17. The first-order valence-electron chi connectivity index (χ1n) is 12.1. The molecule has 0 spiro atoms. The number of hydrogen-bond donors (Lipinski definition) is 1. The second kappa shape index (κ2) is 9.28. The maximum absolute atomic E-state index is 13.9. The van der Waals surface area contributed by atoms with Gasteiger partial charge in [0.1, 0.15) is 5.82 Å². The molecule has 4 rings (SSSR count). The molecule has 0 aliphatic carbocycles. The van der Waals surface area contributed by atoms with Gasteiger partial charge in [-0.3, -0.25) is 0 Å². The second-order valence-electron chi connectivity index (χ2n) is 10.7. The third kappa shape index (κ3) is 4.80. The lowest BCUT2D eigenvalue weighted by molar-refractivity contribution is -0.160. The second-order valence-corrected chi connectivity index (χ2v) is 10.7. The first-order valence-corrected chi connectivity index (χ1v) is 12.1. The van der Waals surface area contributed by atoms with Gasteiger partial charge in [0.05, 0.1) is 16.8 Å². The number of aromatic nitrogens is 1. The maximum Gasteiger partial charge on any atom is 0.337 e. The van der Waals surface area contributed by atoms with Crippen LogP contribution in [0.5, 0.6) is 0 Å². The zero-order chi connectivity index (χ0) is 25.7. The van der Waals surface area contributed by atoms with E-state index in [1.807, 2.05) is 27.7 Å². The monoisotopic (exact) mass is 481 g/mol. The highest BCUT2D eigenvalue weighted by atomic mass is 19.1. The number of benzene rings is 2. The fraction of sp³-hybridized carbons (Fsp3) is 0.464. The van der Waals surface area contributed by atoms with Gasteiger partial charge in [-0.25, -0.2) is 9.18 Å². The molecule has 0 amide bonds. The highest BCUT2D eigenvalue weighted by Crippen LogP contribution is 2.47. The zero-order valence-corrected chi connectivity index (χ0v) is 21.8. The van der Waals surface area contributed by atoms with Crippen molar-refractivity contribution in [3.63, 3.8) is 0 Å². The normalized spacial score (nSPS) is 14.7. The first-order chi connectivity index (χ1) is 16.4. The summed E-state index contributed by atoms with van der Waals surface area (Å²) in [6.45, 7) is 13.1. The summed E-state index contributed by atoms with van der Waals surface area (Å²) in [4.78, 5) is 17.2. The molecule has 2 aromatic carbocycles. The molecule has 0 unspecified atom stereocenters. The van der Waals surface area contributed by atoms with E-state index in [9.17, 15) is 14.3 Å². The predicted octanol–water partition coefficient (Wildman–Crippen LogP) is 5.39. The molecule has 188 valence electrons. The van der Waals surface area contributed by atoms with Gasteiger partial charge in [-0.2, -0.15) is 0 Å². The molecule has 7 heteroatoms. The number of hydrogen-bond acceptors (Lipinski definition) is 4. The number of carbonyl (C=O) groups is 1. The van der Waals surface area contributed by atoms with E-state index in [1.165, 1.54) is 12.1 Å². The van der Waals surface area contributed by atoms with Crippen molar-refractivity contribution in [1.29, 1.82) is 0 Å². The van der Waals surface area contributed by atoms with Gasteiger partial charge in [0.2, 0.25) is 0 Å². The Kier molecular flexibility index (Phi) is 6.68. The molecule has 1 aromatic heterocycles. The molecule has 6 nitrogen and oxygen atoms in total. The maximum atomic E-state index is 13.9. The lowest BCUT2D eigenvalue weighted by Crippen LogP contribution is -2.38. The van der Waals surface area contributed by atoms with E-state index in [4.69, 9.17) is 4.74 Å². The van der Waals surface area contributed by atoms with E-state index in [1.54, 1.807) is 12.1 Å². The standard InChI is InChI=1S/C28H36FN3O3/c1-17-16-21-23(19-8-10-20(29)11-9-19)22(26(27(33)34)35-28(3,4)5)18(2)24-25(21)32(17)15-14-31(24)13-12-30(6)7/h8-11,16,26H,12-15H2,1-7H3,(H,33,34)/t26-/m0/s1. The number of halogens is 1. The Balaban J connectivity index is 2.09. The fourth-order valence-electron chi connectivity index (χ4n) is 5.15. The van der Waals surface area contributed by atoms with Crippen LogP contribution in [0.4, 0.5) is 10.1 Å². The molecule has 1 atom stereocenters. The molecular weight excluding hydrogens is 445 g/mol. The third-order valence-corrected chi connectivity index (χ3v) is 6.64. The Hall–Kier alpha value is -2.90. The molecular formula is C28H36FN3O3. The molecule has 1 aliphatic heterocycles. The van der Waals surface area contributed by atoms with Gasteiger partial charge < -0.3 is 24.2 Å². The van der Waals surface area contributed by atoms with Crippen LogP contribution in [-0.2, 0) is 16.1 Å². The van der Waals surface area contributed by atoms with Crippen molar-refractivity contribution in [3.8, 4) is 11.1 Å². The number of carboxylic acid groups (broad SMARTS) is 1. The van der Waals surface area contributed by atoms with Gasteiger partial charge in [0.15, 0.2) is 6.10 Å². The van der Waals surface area contributed by atoms with Crippen LogP contribution in [0.2, 0.25) is 0 Å². The number of nitrogens with zero attached hydrogens (tertiary/aromatic N) is 3. The van der Waals surface area contributed by atoms with Crippen LogP contribution in [0.1, 0.15) is 43.7 Å². The Labute approximate surface area is 206 Å². The summed E-state index contributed by atoms with van der Waals surface area (Å²) >= 11 is 0. The van der Waals surface area contributed by atoms with Crippen LogP contribution in [-0.4, -0.2) is 59.9 Å². The van der Waals surface area contributed by atoms with Crippen molar-refractivity contribution < 1.29 is 19.0 Å². The van der Waals surface area contributed by atoms with Crippen molar-refractivity contribution in [3.05, 3.63) is 53.0 Å². The van der Waals surface area contributed by atoms with Gasteiger partial charge in [-0.05, 0) is 83.6 Å². The minimum absolute atomic E-state index is 0.328. The van der Waals surface area contributed by atoms with Crippen LogP contribution in [0.3, 0.4) is 0 Å². The van der Waals surface area contributed by atoms with Gasteiger partial charge in [-0.15, -0.1) is 0 Å². The van der Waals surface area contributed by atoms with Crippen LogP contribution >= 0.6 is 0 Å². The summed E-state index contributed by atoms with van der Waals surface area (Å²) in [7, 11) is 4.11. The molecule has 0 bridgehead atoms. The number of aryl methyl sites for hydroxylation is 1. The molecule has 0 saturated heterocycles. The summed E-state index contributed by atoms with van der Waals surface area (Å²) in [6, 6.07) is 8.43. The quantitative estimate of drug-likeness (QED) is 0.491. The number of rotatable bonds is 7. The van der Waals surface area contributed by atoms with E-state index in [2.05, 4.69) is 41.5 Å². The number of anilines is 1. The van der Waals surface area contributed by atoms with E-state index in [0.717, 1.165) is 65.2 Å². The smallest absolute Gasteiger partial charge is 0.337 e. The average molecular weight is 482 g/mol. The van der Waals surface area contributed by atoms with E-state index < -0.39 is 17.7 Å². The molecule has 1 aliphatic rings. The van der Waals surface area contributed by atoms with Crippen LogP contribution in [0.15, 0.2) is 30.3 Å². The number of likely N-dealkylation sites (N-methyl/N-ethyl adjacent to an activating group) is 1. The first kappa shape index (κ1) is 25.2. The topological polar surface area (TPSA) is 57.9 Å². The van der Waals surface area contributed by atoms with Gasteiger partial charge in [0.25, 0.3) is 0 Å². The lowest BCUT2D eigenvalue weighted by Gasteiger charge is -2.36. The SMILES string of the molecule is Cc1c([C@H](OC(C)(C)C)C(=O)O)c(-c2ccc(F)cc2)c2cc(C)n3c2c1N(CCN(C)C)CC3. The summed E-state index contributed by atoms with van der Waals surface area (Å²) in [5.74, 6) is -1.37. The third-order valence-electron chi connectivity index (χ3n) is 6.64. The molecule has 0 saturated carbocycles. The fourth-order valence-corrected chi connectivity index (χ4v) is 5.15. The summed E-state index contributed by atoms with van der Waals surface area (Å²) < 4.78 is 22.4. The van der Waals surface area contributed by atoms with Gasteiger partial charge in [-0.1, -0.05) is 12.1 Å². The Morgan fingerprint density at radius 3 is 2.40 bits per heavy atom. The molecule has 1 N–H and O–H groups in total. The summed E-state index contributed by atoms with van der Waals surface area (Å²) in [5.41, 5.74) is 5.72. The Bertz CT molecular complexity index is 1260.